The fourth-order valence-corrected chi connectivity index (χ4v) is 1.66. The van der Waals surface area contributed by atoms with Gasteiger partial charge in [-0.05, 0) is 39.2 Å². The van der Waals surface area contributed by atoms with E-state index in [9.17, 15) is 14.7 Å². The molecule has 0 spiro atoms. The van der Waals surface area contributed by atoms with Gasteiger partial charge in [0.25, 0.3) is 0 Å². The minimum atomic E-state index is -1.13. The fourth-order valence-electron chi connectivity index (χ4n) is 1.66. The number of aliphatic hydroxyl groups excluding tert-OH is 1. The standard InChI is InChI=1S/C15H23NO5/c1-15(2,3)21-14(19)16-12(9-17)13(18)20-10-11-7-5-4-6-8-11/h5,7-8,12,17H,4,6,9-10H2,1-3H3,(H,16,19)/t12-/m0/s1. The Morgan fingerprint density at radius 1 is 1.38 bits per heavy atom. The molecule has 6 heteroatoms. The monoisotopic (exact) mass is 297 g/mol. The van der Waals surface area contributed by atoms with Crippen molar-refractivity contribution in [2.75, 3.05) is 13.2 Å². The second kappa shape index (κ2) is 7.83. The molecule has 0 saturated heterocycles. The molecular weight excluding hydrogens is 274 g/mol. The first-order chi connectivity index (χ1) is 9.81. The van der Waals surface area contributed by atoms with Gasteiger partial charge in [-0.15, -0.1) is 0 Å². The van der Waals surface area contributed by atoms with Gasteiger partial charge in [0.15, 0.2) is 6.04 Å². The van der Waals surface area contributed by atoms with Crippen molar-refractivity contribution in [2.45, 2.75) is 45.3 Å². The summed E-state index contributed by atoms with van der Waals surface area (Å²) in [5.74, 6) is -0.691. The third-order valence-electron chi connectivity index (χ3n) is 2.61. The van der Waals surface area contributed by atoms with Crippen LogP contribution in [0.4, 0.5) is 4.79 Å². The lowest BCUT2D eigenvalue weighted by atomic mass is 10.1. The van der Waals surface area contributed by atoms with Gasteiger partial charge in [-0.3, -0.25) is 0 Å². The largest absolute Gasteiger partial charge is 0.459 e. The molecule has 1 amide bonds. The Morgan fingerprint density at radius 2 is 2.10 bits per heavy atom. The molecule has 6 nitrogen and oxygen atoms in total. The molecule has 0 aromatic heterocycles. The molecule has 0 aliphatic heterocycles. The highest BCUT2D eigenvalue weighted by Gasteiger charge is 2.25. The van der Waals surface area contributed by atoms with Gasteiger partial charge in [0.05, 0.1) is 6.61 Å². The number of carbonyl (C=O) groups is 2. The SMILES string of the molecule is CC(C)(C)OC(=O)N[C@@H](CO)C(=O)OCC1=CCCC=C1. The number of amides is 1. The van der Waals surface area contributed by atoms with Gasteiger partial charge >= 0.3 is 12.1 Å². The van der Waals surface area contributed by atoms with E-state index in [1.807, 2.05) is 18.2 Å². The second-order valence-electron chi connectivity index (χ2n) is 5.75. The molecular formula is C15H23NO5. The van der Waals surface area contributed by atoms with Gasteiger partial charge in [-0.2, -0.15) is 0 Å². The number of hydrogen-bond donors (Lipinski definition) is 2. The summed E-state index contributed by atoms with van der Waals surface area (Å²) in [7, 11) is 0. The molecule has 1 aliphatic rings. The predicted octanol–water partition coefficient (Wildman–Crippen LogP) is 1.69. The van der Waals surface area contributed by atoms with Crippen molar-refractivity contribution in [2.24, 2.45) is 0 Å². The Hall–Kier alpha value is -1.82. The number of alkyl carbamates (subject to hydrolysis) is 1. The zero-order chi connectivity index (χ0) is 15.9. The molecule has 1 rings (SSSR count). The van der Waals surface area contributed by atoms with Gasteiger partial charge in [-0.25, -0.2) is 9.59 Å². The van der Waals surface area contributed by atoms with E-state index in [-0.39, 0.29) is 6.61 Å². The number of hydrogen-bond acceptors (Lipinski definition) is 5. The van der Waals surface area contributed by atoms with E-state index >= 15 is 0 Å². The highest BCUT2D eigenvalue weighted by molar-refractivity contribution is 5.81. The summed E-state index contributed by atoms with van der Waals surface area (Å²) in [6.07, 6.45) is 7.02. The Kier molecular flexibility index (Phi) is 6.42. The van der Waals surface area contributed by atoms with Gasteiger partial charge in [-0.1, -0.05) is 18.2 Å². The molecule has 1 atom stereocenters. The molecule has 0 aromatic rings. The minimum Gasteiger partial charge on any atom is -0.459 e. The maximum atomic E-state index is 11.8. The van der Waals surface area contributed by atoms with Crippen molar-refractivity contribution >= 4 is 12.1 Å². The van der Waals surface area contributed by atoms with Crippen molar-refractivity contribution in [1.82, 2.24) is 5.32 Å². The normalized spacial score (nSPS) is 15.9. The van der Waals surface area contributed by atoms with Crippen LogP contribution in [0.2, 0.25) is 0 Å². The van der Waals surface area contributed by atoms with E-state index in [2.05, 4.69) is 5.32 Å². The predicted molar refractivity (Wildman–Crippen MR) is 77.7 cm³/mol. The van der Waals surface area contributed by atoms with E-state index in [1.165, 1.54) is 0 Å². The number of ether oxygens (including phenoxy) is 2. The maximum absolute atomic E-state index is 11.8. The number of aliphatic hydroxyl groups is 1. The number of carbonyl (C=O) groups excluding carboxylic acids is 2. The highest BCUT2D eigenvalue weighted by Crippen LogP contribution is 2.10. The summed E-state index contributed by atoms with van der Waals surface area (Å²) in [6, 6.07) is -1.13. The first-order valence-corrected chi connectivity index (χ1v) is 6.94. The first kappa shape index (κ1) is 17.2. The Balaban J connectivity index is 2.43. The summed E-state index contributed by atoms with van der Waals surface area (Å²) in [6.45, 7) is 4.71. The molecule has 118 valence electrons. The molecule has 0 radical (unpaired) electrons. The van der Waals surface area contributed by atoms with Gasteiger partial charge < -0.3 is 19.9 Å². The summed E-state index contributed by atoms with van der Waals surface area (Å²) >= 11 is 0. The zero-order valence-electron chi connectivity index (χ0n) is 12.7. The average molecular weight is 297 g/mol. The van der Waals surface area contributed by atoms with Crippen LogP contribution in [0.5, 0.6) is 0 Å². The zero-order valence-corrected chi connectivity index (χ0v) is 12.7. The van der Waals surface area contributed by atoms with Crippen LogP contribution in [-0.2, 0) is 14.3 Å². The Morgan fingerprint density at radius 3 is 2.62 bits per heavy atom. The summed E-state index contributed by atoms with van der Waals surface area (Å²) < 4.78 is 10.1. The lowest BCUT2D eigenvalue weighted by molar-refractivity contribution is -0.146. The number of nitrogens with one attached hydrogen (secondary N) is 1. The smallest absolute Gasteiger partial charge is 0.408 e. The molecule has 21 heavy (non-hydrogen) atoms. The lowest BCUT2D eigenvalue weighted by Gasteiger charge is -2.22. The molecule has 0 bridgehead atoms. The van der Waals surface area contributed by atoms with E-state index < -0.39 is 30.3 Å². The second-order valence-corrected chi connectivity index (χ2v) is 5.75. The number of rotatable bonds is 5. The Bertz CT molecular complexity index is 434. The first-order valence-electron chi connectivity index (χ1n) is 6.94. The molecule has 0 saturated carbocycles. The maximum Gasteiger partial charge on any atom is 0.408 e. The average Bonchev–Trinajstić information content (AvgIpc) is 2.41. The van der Waals surface area contributed by atoms with E-state index in [1.54, 1.807) is 20.8 Å². The summed E-state index contributed by atoms with van der Waals surface area (Å²) in [4.78, 5) is 23.4. The highest BCUT2D eigenvalue weighted by atomic mass is 16.6. The fraction of sp³-hybridized carbons (Fsp3) is 0.600. The van der Waals surface area contributed by atoms with E-state index in [0.717, 1.165) is 18.4 Å². The van der Waals surface area contributed by atoms with Crippen molar-refractivity contribution in [3.63, 3.8) is 0 Å². The van der Waals surface area contributed by atoms with E-state index in [4.69, 9.17) is 9.47 Å². The quantitative estimate of drug-likeness (QED) is 0.754. The van der Waals surface area contributed by atoms with Crippen LogP contribution in [0.15, 0.2) is 23.8 Å². The van der Waals surface area contributed by atoms with E-state index in [0.29, 0.717) is 0 Å². The van der Waals surface area contributed by atoms with Gasteiger partial charge in [0.2, 0.25) is 0 Å². The third-order valence-corrected chi connectivity index (χ3v) is 2.61. The van der Waals surface area contributed by atoms with Gasteiger partial charge in [0, 0.05) is 0 Å². The van der Waals surface area contributed by atoms with Crippen LogP contribution in [0, 0.1) is 0 Å². The van der Waals surface area contributed by atoms with Crippen molar-refractivity contribution in [3.05, 3.63) is 23.8 Å². The topological polar surface area (TPSA) is 84.9 Å². The lowest BCUT2D eigenvalue weighted by Crippen LogP contribution is -2.46. The minimum absolute atomic E-state index is 0.127. The molecule has 0 aromatic carbocycles. The van der Waals surface area contributed by atoms with Crippen molar-refractivity contribution in [3.8, 4) is 0 Å². The van der Waals surface area contributed by atoms with Crippen molar-refractivity contribution in [1.29, 1.82) is 0 Å². The van der Waals surface area contributed by atoms with Gasteiger partial charge in [0.1, 0.15) is 12.2 Å². The molecule has 0 unspecified atom stereocenters. The van der Waals surface area contributed by atoms with Crippen LogP contribution < -0.4 is 5.32 Å². The van der Waals surface area contributed by atoms with Crippen LogP contribution >= 0.6 is 0 Å². The summed E-state index contributed by atoms with van der Waals surface area (Å²) in [5.41, 5.74) is 0.231. The molecule has 2 N–H and O–H groups in total. The molecule has 1 aliphatic carbocycles. The van der Waals surface area contributed by atoms with Crippen LogP contribution in [0.25, 0.3) is 0 Å². The van der Waals surface area contributed by atoms with Crippen LogP contribution in [0.3, 0.4) is 0 Å². The third kappa shape index (κ3) is 6.94. The van der Waals surface area contributed by atoms with Crippen molar-refractivity contribution < 1.29 is 24.2 Å². The van der Waals surface area contributed by atoms with Crippen LogP contribution in [-0.4, -0.2) is 42.0 Å². The van der Waals surface area contributed by atoms with Crippen LogP contribution in [0.1, 0.15) is 33.6 Å². The molecule has 0 heterocycles. The Labute approximate surface area is 124 Å². The summed E-state index contributed by atoms with van der Waals surface area (Å²) in [5, 5.41) is 11.5. The number of allylic oxidation sites excluding steroid dienone is 2. The number of esters is 1. The molecule has 0 fully saturated rings.